The Labute approximate surface area is 114 Å². The van der Waals surface area contributed by atoms with Crippen molar-refractivity contribution >= 4 is 17.7 Å². The predicted molar refractivity (Wildman–Crippen MR) is 69.7 cm³/mol. The van der Waals surface area contributed by atoms with Crippen molar-refractivity contribution in [2.45, 2.75) is 17.1 Å². The van der Waals surface area contributed by atoms with Crippen LogP contribution < -0.4 is 0 Å². The molecule has 0 unspecified atom stereocenters. The van der Waals surface area contributed by atoms with Crippen LogP contribution in [0.15, 0.2) is 46.7 Å². The summed E-state index contributed by atoms with van der Waals surface area (Å²) in [6.07, 6.45) is -2.06. The number of rotatable bonds is 5. The maximum absolute atomic E-state index is 11.3. The molecule has 0 amide bonds. The number of hydrogen-bond donors (Lipinski definition) is 2. The first-order valence-corrected chi connectivity index (χ1v) is 6.66. The summed E-state index contributed by atoms with van der Waals surface area (Å²) in [6, 6.07) is 9.51. The lowest BCUT2D eigenvalue weighted by Gasteiger charge is -2.16. The number of hydrogen-bond acceptors (Lipinski definition) is 6. The summed E-state index contributed by atoms with van der Waals surface area (Å²) >= 11 is 1.41. The monoisotopic (exact) mass is 282 g/mol. The molecule has 5 nitrogen and oxygen atoms in total. The number of aliphatic hydroxyl groups is 2. The number of cyclic esters (lactones) is 1. The van der Waals surface area contributed by atoms with Crippen molar-refractivity contribution in [2.24, 2.45) is 0 Å². The molecule has 1 heterocycles. The van der Waals surface area contributed by atoms with Crippen molar-refractivity contribution in [1.82, 2.24) is 0 Å². The third-order valence-electron chi connectivity index (χ3n) is 2.64. The Kier molecular flexibility index (Phi) is 4.34. The second-order valence-corrected chi connectivity index (χ2v) is 5.03. The number of methoxy groups -OCH3 is 1. The highest BCUT2D eigenvalue weighted by Gasteiger charge is 2.39. The molecule has 2 N–H and O–H groups in total. The third-order valence-corrected chi connectivity index (χ3v) is 3.75. The maximum Gasteiger partial charge on any atom is 0.378 e. The normalized spacial score (nSPS) is 20.3. The van der Waals surface area contributed by atoms with Crippen molar-refractivity contribution in [2.75, 3.05) is 12.9 Å². The van der Waals surface area contributed by atoms with E-state index in [1.54, 1.807) is 0 Å². The number of ether oxygens (including phenoxy) is 2. The lowest BCUT2D eigenvalue weighted by molar-refractivity contribution is -0.146. The molecule has 1 aromatic rings. The lowest BCUT2D eigenvalue weighted by Crippen LogP contribution is -2.30. The molecular weight excluding hydrogens is 268 g/mol. The van der Waals surface area contributed by atoms with E-state index in [4.69, 9.17) is 9.47 Å². The molecular formula is C13H14O5S. The average Bonchev–Trinajstić information content (AvgIpc) is 2.72. The van der Waals surface area contributed by atoms with Gasteiger partial charge in [-0.15, -0.1) is 11.8 Å². The molecule has 0 aliphatic carbocycles. The fourth-order valence-electron chi connectivity index (χ4n) is 1.69. The Balaban J connectivity index is 1.96. The van der Waals surface area contributed by atoms with Gasteiger partial charge in [-0.2, -0.15) is 0 Å². The first kappa shape index (κ1) is 13.8. The summed E-state index contributed by atoms with van der Waals surface area (Å²) in [5.41, 5.74) is 0. The van der Waals surface area contributed by atoms with Gasteiger partial charge in [-0.25, -0.2) is 4.79 Å². The van der Waals surface area contributed by atoms with Gasteiger partial charge in [0.1, 0.15) is 6.10 Å². The van der Waals surface area contributed by atoms with Crippen LogP contribution >= 0.6 is 11.8 Å². The zero-order chi connectivity index (χ0) is 13.8. The molecule has 0 bridgehead atoms. The summed E-state index contributed by atoms with van der Waals surface area (Å²) < 4.78 is 9.59. The summed E-state index contributed by atoms with van der Waals surface area (Å²) in [7, 11) is 1.26. The molecule has 1 aromatic carbocycles. The van der Waals surface area contributed by atoms with Crippen molar-refractivity contribution < 1.29 is 24.5 Å². The van der Waals surface area contributed by atoms with Crippen LogP contribution in [0.4, 0.5) is 0 Å². The molecule has 0 spiro atoms. The molecule has 1 aliphatic heterocycles. The Hall–Kier alpha value is -1.66. The third kappa shape index (κ3) is 3.02. The topological polar surface area (TPSA) is 76.0 Å². The highest BCUT2D eigenvalue weighted by molar-refractivity contribution is 7.99. The highest BCUT2D eigenvalue weighted by atomic mass is 32.2. The zero-order valence-electron chi connectivity index (χ0n) is 10.3. The number of esters is 1. The predicted octanol–water partition coefficient (Wildman–Crippen LogP) is 1.48. The maximum atomic E-state index is 11.3. The van der Waals surface area contributed by atoms with Crippen molar-refractivity contribution in [3.8, 4) is 0 Å². The van der Waals surface area contributed by atoms with Gasteiger partial charge < -0.3 is 19.7 Å². The van der Waals surface area contributed by atoms with E-state index in [0.717, 1.165) is 4.90 Å². The largest absolute Gasteiger partial charge is 0.505 e. The van der Waals surface area contributed by atoms with Crippen LogP contribution in [0.25, 0.3) is 0 Å². The number of benzene rings is 1. The van der Waals surface area contributed by atoms with E-state index in [0.29, 0.717) is 5.75 Å². The van der Waals surface area contributed by atoms with Gasteiger partial charge in [0.2, 0.25) is 5.76 Å². The van der Waals surface area contributed by atoms with E-state index in [-0.39, 0.29) is 11.5 Å². The average molecular weight is 282 g/mol. The molecule has 1 aliphatic rings. The molecule has 0 saturated heterocycles. The van der Waals surface area contributed by atoms with E-state index in [9.17, 15) is 15.0 Å². The van der Waals surface area contributed by atoms with Crippen molar-refractivity contribution in [3.63, 3.8) is 0 Å². The fourth-order valence-corrected chi connectivity index (χ4v) is 2.58. The summed E-state index contributed by atoms with van der Waals surface area (Å²) in [6.45, 7) is 0. The molecule has 2 atom stereocenters. The van der Waals surface area contributed by atoms with E-state index >= 15 is 0 Å². The highest BCUT2D eigenvalue weighted by Crippen LogP contribution is 2.27. The van der Waals surface area contributed by atoms with Crippen LogP contribution in [-0.2, 0) is 14.3 Å². The van der Waals surface area contributed by atoms with Gasteiger partial charge >= 0.3 is 5.97 Å². The standard InChI is InChI=1S/C13H14O5S/c1-17-12-10(15)11(18-13(12)16)9(14)7-19-8-5-3-2-4-6-8/h2-6,9,11,14-15H,7H2,1H3/t9-,11+/m0/s1. The van der Waals surface area contributed by atoms with E-state index in [2.05, 4.69) is 0 Å². The van der Waals surface area contributed by atoms with E-state index in [1.165, 1.54) is 18.9 Å². The minimum atomic E-state index is -1.06. The summed E-state index contributed by atoms with van der Waals surface area (Å²) in [4.78, 5) is 12.3. The SMILES string of the molecule is COC1=C(O)[C@@H]([C@@H](O)CSc2ccccc2)OC1=O. The van der Waals surface area contributed by atoms with Crippen LogP contribution in [0.5, 0.6) is 0 Å². The lowest BCUT2D eigenvalue weighted by atomic mass is 10.2. The Morgan fingerprint density at radius 1 is 1.42 bits per heavy atom. The Bertz CT molecular complexity index is 485. The van der Waals surface area contributed by atoms with Crippen molar-refractivity contribution in [3.05, 3.63) is 41.9 Å². The van der Waals surface area contributed by atoms with Gasteiger partial charge in [-0.05, 0) is 12.1 Å². The first-order valence-electron chi connectivity index (χ1n) is 5.67. The smallest absolute Gasteiger partial charge is 0.378 e. The second kappa shape index (κ2) is 5.99. The summed E-state index contributed by atoms with van der Waals surface area (Å²) in [5.74, 6) is -1.06. The van der Waals surface area contributed by atoms with Crippen LogP contribution in [0.1, 0.15) is 0 Å². The second-order valence-electron chi connectivity index (χ2n) is 3.94. The Morgan fingerprint density at radius 2 is 2.11 bits per heavy atom. The van der Waals surface area contributed by atoms with Crippen molar-refractivity contribution in [1.29, 1.82) is 0 Å². The molecule has 2 rings (SSSR count). The van der Waals surface area contributed by atoms with Gasteiger partial charge in [-0.1, -0.05) is 18.2 Å². The first-order chi connectivity index (χ1) is 9.13. The van der Waals surface area contributed by atoms with Crippen LogP contribution in [0.3, 0.4) is 0 Å². The number of carbonyl (C=O) groups is 1. The number of carbonyl (C=O) groups excluding carboxylic acids is 1. The number of thioether (sulfide) groups is 1. The van der Waals surface area contributed by atoms with E-state index < -0.39 is 18.2 Å². The Morgan fingerprint density at radius 3 is 2.68 bits per heavy atom. The van der Waals surface area contributed by atoms with Crippen LogP contribution in [0.2, 0.25) is 0 Å². The van der Waals surface area contributed by atoms with Gasteiger partial charge in [0, 0.05) is 10.6 Å². The molecule has 0 saturated carbocycles. The molecule has 6 heteroatoms. The van der Waals surface area contributed by atoms with E-state index in [1.807, 2.05) is 30.3 Å². The molecule has 0 radical (unpaired) electrons. The minimum Gasteiger partial charge on any atom is -0.505 e. The van der Waals surface area contributed by atoms with Gasteiger partial charge in [0.15, 0.2) is 11.9 Å². The summed E-state index contributed by atoms with van der Waals surface area (Å²) in [5, 5.41) is 19.7. The molecule has 0 fully saturated rings. The quantitative estimate of drug-likeness (QED) is 0.629. The van der Waals surface area contributed by atoms with Gasteiger partial charge in [0.25, 0.3) is 0 Å². The molecule has 0 aromatic heterocycles. The van der Waals surface area contributed by atoms with Gasteiger partial charge in [-0.3, -0.25) is 0 Å². The van der Waals surface area contributed by atoms with Crippen LogP contribution in [0, 0.1) is 0 Å². The minimum absolute atomic E-state index is 0.242. The zero-order valence-corrected chi connectivity index (χ0v) is 11.1. The van der Waals surface area contributed by atoms with Gasteiger partial charge in [0.05, 0.1) is 7.11 Å². The molecule has 102 valence electrons. The molecule has 19 heavy (non-hydrogen) atoms. The van der Waals surface area contributed by atoms with Crippen LogP contribution in [-0.4, -0.2) is 41.3 Å². The number of aliphatic hydroxyl groups excluding tert-OH is 2. The fraction of sp³-hybridized carbons (Fsp3) is 0.308.